The molecule has 8 heteroatoms. The number of amides is 2. The lowest BCUT2D eigenvalue weighted by atomic mass is 10.1. The summed E-state index contributed by atoms with van der Waals surface area (Å²) in [6, 6.07) is 11.1. The molecule has 0 aliphatic heterocycles. The minimum absolute atomic E-state index is 0.203. The molecule has 1 aromatic carbocycles. The number of hydrogen-bond acceptors (Lipinski definition) is 5. The average Bonchev–Trinajstić information content (AvgIpc) is 3.22. The van der Waals surface area contributed by atoms with Gasteiger partial charge in [-0.2, -0.15) is 5.10 Å². The van der Waals surface area contributed by atoms with Crippen LogP contribution in [0.1, 0.15) is 66.2 Å². The summed E-state index contributed by atoms with van der Waals surface area (Å²) in [5.41, 5.74) is 1.55. The SMILES string of the molecule is CCOC(CCCNC(=O)c1cc(C(=O)NC)nn1[C@@H](C)c1ccccc1)OCC. The first kappa shape index (κ1) is 23.6. The second kappa shape index (κ2) is 12.1. The van der Waals surface area contributed by atoms with E-state index >= 15 is 0 Å². The molecule has 0 saturated heterocycles. The van der Waals surface area contributed by atoms with E-state index in [-0.39, 0.29) is 29.8 Å². The van der Waals surface area contributed by atoms with E-state index in [1.807, 2.05) is 51.1 Å². The van der Waals surface area contributed by atoms with Crippen molar-refractivity contribution in [2.75, 3.05) is 26.8 Å². The fourth-order valence-corrected chi connectivity index (χ4v) is 3.12. The minimum Gasteiger partial charge on any atom is -0.354 e. The Morgan fingerprint density at radius 1 is 1.10 bits per heavy atom. The van der Waals surface area contributed by atoms with E-state index in [0.29, 0.717) is 38.3 Å². The van der Waals surface area contributed by atoms with E-state index in [2.05, 4.69) is 15.7 Å². The first-order valence-electron chi connectivity index (χ1n) is 10.4. The van der Waals surface area contributed by atoms with E-state index in [1.54, 1.807) is 4.68 Å². The zero-order chi connectivity index (χ0) is 21.9. The number of hydrogen-bond donors (Lipinski definition) is 2. The van der Waals surface area contributed by atoms with Crippen LogP contribution in [0.3, 0.4) is 0 Å². The molecule has 1 aromatic heterocycles. The lowest BCUT2D eigenvalue weighted by molar-refractivity contribution is -0.139. The molecule has 0 fully saturated rings. The highest BCUT2D eigenvalue weighted by Crippen LogP contribution is 2.20. The molecule has 0 spiro atoms. The molecule has 2 N–H and O–H groups in total. The Morgan fingerprint density at radius 3 is 2.37 bits per heavy atom. The Balaban J connectivity index is 2.09. The summed E-state index contributed by atoms with van der Waals surface area (Å²) in [6.07, 6.45) is 1.13. The second-order valence-electron chi connectivity index (χ2n) is 6.76. The van der Waals surface area contributed by atoms with Crippen LogP contribution in [0.2, 0.25) is 0 Å². The number of carbonyl (C=O) groups is 2. The molecule has 0 aliphatic carbocycles. The number of benzene rings is 1. The summed E-state index contributed by atoms with van der Waals surface area (Å²) in [5.74, 6) is -0.607. The summed E-state index contributed by atoms with van der Waals surface area (Å²) in [4.78, 5) is 24.9. The predicted octanol–water partition coefficient (Wildman–Crippen LogP) is 2.76. The van der Waals surface area contributed by atoms with Gasteiger partial charge in [0.25, 0.3) is 11.8 Å². The normalized spacial score (nSPS) is 12.0. The standard InChI is InChI=1S/C22H32N4O4/c1-5-29-20(30-6-2)13-10-14-24-22(28)19-15-18(21(27)23-4)25-26(19)16(3)17-11-8-7-9-12-17/h7-9,11-12,15-16,20H,5-6,10,13-14H2,1-4H3,(H,23,27)(H,24,28)/t16-/m0/s1. The van der Waals surface area contributed by atoms with E-state index < -0.39 is 0 Å². The van der Waals surface area contributed by atoms with Crippen molar-refractivity contribution in [1.29, 1.82) is 0 Å². The van der Waals surface area contributed by atoms with Gasteiger partial charge in [-0.05, 0) is 32.8 Å². The molecule has 1 atom stereocenters. The molecule has 2 amide bonds. The molecule has 0 bridgehead atoms. The topological polar surface area (TPSA) is 94.5 Å². The van der Waals surface area contributed by atoms with Gasteiger partial charge in [0, 0.05) is 39.3 Å². The lowest BCUT2D eigenvalue weighted by Gasteiger charge is -2.17. The third-order valence-corrected chi connectivity index (χ3v) is 4.68. The van der Waals surface area contributed by atoms with Gasteiger partial charge >= 0.3 is 0 Å². The third kappa shape index (κ3) is 6.40. The lowest BCUT2D eigenvalue weighted by Crippen LogP contribution is -2.29. The van der Waals surface area contributed by atoms with Gasteiger partial charge in [-0.3, -0.25) is 14.3 Å². The van der Waals surface area contributed by atoms with Gasteiger partial charge in [0.1, 0.15) is 5.69 Å². The molecular weight excluding hydrogens is 384 g/mol. The van der Waals surface area contributed by atoms with Crippen molar-refractivity contribution < 1.29 is 19.1 Å². The van der Waals surface area contributed by atoms with Crippen LogP contribution in [0.5, 0.6) is 0 Å². The van der Waals surface area contributed by atoms with Crippen molar-refractivity contribution in [2.24, 2.45) is 0 Å². The van der Waals surface area contributed by atoms with Gasteiger partial charge in [0.2, 0.25) is 0 Å². The van der Waals surface area contributed by atoms with Gasteiger partial charge in [-0.1, -0.05) is 30.3 Å². The van der Waals surface area contributed by atoms with Crippen LogP contribution in [0.25, 0.3) is 0 Å². The van der Waals surface area contributed by atoms with E-state index in [9.17, 15) is 9.59 Å². The van der Waals surface area contributed by atoms with Crippen LogP contribution < -0.4 is 10.6 Å². The molecule has 0 saturated carbocycles. The van der Waals surface area contributed by atoms with Crippen LogP contribution >= 0.6 is 0 Å². The molecule has 8 nitrogen and oxygen atoms in total. The maximum absolute atomic E-state index is 12.9. The fourth-order valence-electron chi connectivity index (χ4n) is 3.12. The molecule has 2 rings (SSSR count). The first-order chi connectivity index (χ1) is 14.5. The summed E-state index contributed by atoms with van der Waals surface area (Å²) >= 11 is 0. The summed E-state index contributed by atoms with van der Waals surface area (Å²) in [5, 5.41) is 9.85. The Labute approximate surface area is 177 Å². The van der Waals surface area contributed by atoms with Crippen LogP contribution in [0, 0.1) is 0 Å². The zero-order valence-electron chi connectivity index (χ0n) is 18.2. The minimum atomic E-state index is -0.334. The van der Waals surface area contributed by atoms with Gasteiger partial charge in [0.15, 0.2) is 12.0 Å². The van der Waals surface area contributed by atoms with Crippen molar-refractivity contribution in [3.63, 3.8) is 0 Å². The van der Waals surface area contributed by atoms with Crippen molar-refractivity contribution in [3.05, 3.63) is 53.3 Å². The van der Waals surface area contributed by atoms with Crippen LogP contribution in [-0.4, -0.2) is 54.7 Å². The number of nitrogens with one attached hydrogen (secondary N) is 2. The Hall–Kier alpha value is -2.71. The van der Waals surface area contributed by atoms with Crippen molar-refractivity contribution in [3.8, 4) is 0 Å². The Morgan fingerprint density at radius 2 is 1.77 bits per heavy atom. The van der Waals surface area contributed by atoms with Crippen molar-refractivity contribution >= 4 is 11.8 Å². The molecule has 0 radical (unpaired) electrons. The maximum atomic E-state index is 12.9. The third-order valence-electron chi connectivity index (χ3n) is 4.68. The van der Waals surface area contributed by atoms with Gasteiger partial charge in [-0.15, -0.1) is 0 Å². The van der Waals surface area contributed by atoms with Crippen LogP contribution in [0.4, 0.5) is 0 Å². The number of ether oxygens (including phenoxy) is 2. The number of carbonyl (C=O) groups excluding carboxylic acids is 2. The van der Waals surface area contributed by atoms with Gasteiger partial charge < -0.3 is 20.1 Å². The highest BCUT2D eigenvalue weighted by Gasteiger charge is 2.22. The highest BCUT2D eigenvalue weighted by molar-refractivity contribution is 5.97. The second-order valence-corrected chi connectivity index (χ2v) is 6.76. The predicted molar refractivity (Wildman–Crippen MR) is 114 cm³/mol. The fraction of sp³-hybridized carbons (Fsp3) is 0.500. The molecule has 2 aromatic rings. The molecule has 0 unspecified atom stereocenters. The largest absolute Gasteiger partial charge is 0.354 e. The zero-order valence-corrected chi connectivity index (χ0v) is 18.2. The summed E-state index contributed by atoms with van der Waals surface area (Å²) in [6.45, 7) is 7.42. The number of nitrogens with zero attached hydrogens (tertiary/aromatic N) is 2. The van der Waals surface area contributed by atoms with Crippen LogP contribution in [-0.2, 0) is 9.47 Å². The highest BCUT2D eigenvalue weighted by atomic mass is 16.7. The summed E-state index contributed by atoms with van der Waals surface area (Å²) in [7, 11) is 1.54. The Kier molecular flexibility index (Phi) is 9.50. The molecule has 1 heterocycles. The number of aromatic nitrogens is 2. The van der Waals surface area contributed by atoms with E-state index in [1.165, 1.54) is 13.1 Å². The quantitative estimate of drug-likeness (QED) is 0.410. The van der Waals surface area contributed by atoms with Crippen LogP contribution in [0.15, 0.2) is 36.4 Å². The molecule has 0 aliphatic rings. The molecule has 164 valence electrons. The maximum Gasteiger partial charge on any atom is 0.271 e. The molecule has 30 heavy (non-hydrogen) atoms. The monoisotopic (exact) mass is 416 g/mol. The van der Waals surface area contributed by atoms with E-state index in [4.69, 9.17) is 9.47 Å². The van der Waals surface area contributed by atoms with Crippen molar-refractivity contribution in [2.45, 2.75) is 45.9 Å². The Bertz CT molecular complexity index is 801. The average molecular weight is 417 g/mol. The smallest absolute Gasteiger partial charge is 0.271 e. The van der Waals surface area contributed by atoms with E-state index in [0.717, 1.165) is 5.56 Å². The summed E-state index contributed by atoms with van der Waals surface area (Å²) < 4.78 is 12.6. The first-order valence-corrected chi connectivity index (χ1v) is 10.4. The van der Waals surface area contributed by atoms with Gasteiger partial charge in [0.05, 0.1) is 6.04 Å². The van der Waals surface area contributed by atoms with Gasteiger partial charge in [-0.25, -0.2) is 0 Å². The number of rotatable bonds is 12. The molecular formula is C22H32N4O4. The van der Waals surface area contributed by atoms with Crippen molar-refractivity contribution in [1.82, 2.24) is 20.4 Å².